The summed E-state index contributed by atoms with van der Waals surface area (Å²) in [5, 5.41) is 0. The summed E-state index contributed by atoms with van der Waals surface area (Å²) in [5.74, 6) is 0. The summed E-state index contributed by atoms with van der Waals surface area (Å²) in [6.45, 7) is 8.25. The van der Waals surface area contributed by atoms with E-state index in [1.807, 2.05) is 6.08 Å². The van der Waals surface area contributed by atoms with Crippen LogP contribution in [0, 0.1) is 0 Å². The van der Waals surface area contributed by atoms with Crippen molar-refractivity contribution < 1.29 is 0 Å². The van der Waals surface area contributed by atoms with E-state index in [-0.39, 0.29) is 5.54 Å². The maximum atomic E-state index is 3.85. The van der Waals surface area contributed by atoms with E-state index in [4.69, 9.17) is 0 Å². The Labute approximate surface area is 64.7 Å². The van der Waals surface area contributed by atoms with Crippen molar-refractivity contribution in [3.05, 3.63) is 12.7 Å². The Bertz CT molecular complexity index is 101. The van der Waals surface area contributed by atoms with Gasteiger partial charge in [-0.25, -0.2) is 0 Å². The molecule has 0 unspecified atom stereocenters. The molecule has 0 aliphatic heterocycles. The predicted octanol–water partition coefficient (Wildman–Crippen LogP) is 2.29. The highest BCUT2D eigenvalue weighted by molar-refractivity contribution is 5.00. The van der Waals surface area contributed by atoms with Gasteiger partial charge in [-0.1, -0.05) is 19.9 Å². The number of hydrogen-bond donors (Lipinski definition) is 0. The Morgan fingerprint density at radius 3 is 1.70 bits per heavy atom. The van der Waals surface area contributed by atoms with Crippen molar-refractivity contribution in [2.24, 2.45) is 0 Å². The number of nitrogens with zero attached hydrogens (tertiary/aromatic N) is 1. The highest BCUT2D eigenvalue weighted by Gasteiger charge is 2.23. The van der Waals surface area contributed by atoms with E-state index in [1.165, 1.54) is 0 Å². The molecule has 60 valence electrons. The van der Waals surface area contributed by atoms with Crippen LogP contribution in [0.4, 0.5) is 0 Å². The summed E-state index contributed by atoms with van der Waals surface area (Å²) in [6, 6.07) is 0. The fourth-order valence-corrected chi connectivity index (χ4v) is 1.35. The van der Waals surface area contributed by atoms with Crippen LogP contribution in [-0.4, -0.2) is 24.5 Å². The lowest BCUT2D eigenvalue weighted by Gasteiger charge is -2.35. The normalized spacial score (nSPS) is 12.1. The summed E-state index contributed by atoms with van der Waals surface area (Å²) in [4.78, 5) is 2.24. The van der Waals surface area contributed by atoms with E-state index >= 15 is 0 Å². The molecule has 0 aromatic rings. The number of hydrogen-bond acceptors (Lipinski definition) is 1. The van der Waals surface area contributed by atoms with Gasteiger partial charge in [0, 0.05) is 5.54 Å². The number of likely N-dealkylation sites (N-methyl/N-ethyl adjacent to an activating group) is 1. The van der Waals surface area contributed by atoms with E-state index < -0.39 is 0 Å². The minimum atomic E-state index is 0.222. The van der Waals surface area contributed by atoms with Gasteiger partial charge in [0.1, 0.15) is 0 Å². The topological polar surface area (TPSA) is 3.24 Å². The fourth-order valence-electron chi connectivity index (χ4n) is 1.35. The first-order valence-electron chi connectivity index (χ1n) is 3.94. The van der Waals surface area contributed by atoms with Crippen LogP contribution in [0.15, 0.2) is 12.7 Å². The Balaban J connectivity index is 4.30. The van der Waals surface area contributed by atoms with E-state index in [0.717, 1.165) is 12.8 Å². The van der Waals surface area contributed by atoms with Crippen molar-refractivity contribution in [1.82, 2.24) is 4.90 Å². The smallest absolute Gasteiger partial charge is 0.0377 e. The van der Waals surface area contributed by atoms with Crippen molar-refractivity contribution in [2.75, 3.05) is 14.1 Å². The zero-order valence-corrected chi connectivity index (χ0v) is 7.65. The van der Waals surface area contributed by atoms with Crippen LogP contribution in [0.5, 0.6) is 0 Å². The summed E-state index contributed by atoms with van der Waals surface area (Å²) in [6.07, 6.45) is 4.33. The van der Waals surface area contributed by atoms with Gasteiger partial charge >= 0.3 is 0 Å². The van der Waals surface area contributed by atoms with Gasteiger partial charge in [0.2, 0.25) is 0 Å². The molecule has 0 spiro atoms. The SMILES string of the molecule is C=CC(CC)(CC)N(C)C. The van der Waals surface area contributed by atoms with Gasteiger partial charge in [0.25, 0.3) is 0 Å². The van der Waals surface area contributed by atoms with Gasteiger partial charge in [-0.2, -0.15) is 0 Å². The van der Waals surface area contributed by atoms with Crippen LogP contribution in [0.3, 0.4) is 0 Å². The monoisotopic (exact) mass is 141 g/mol. The van der Waals surface area contributed by atoms with Crippen LogP contribution in [-0.2, 0) is 0 Å². The molecule has 0 saturated carbocycles. The molecule has 0 radical (unpaired) electrons. The van der Waals surface area contributed by atoms with Crippen LogP contribution >= 0.6 is 0 Å². The first-order valence-corrected chi connectivity index (χ1v) is 3.94. The van der Waals surface area contributed by atoms with Crippen molar-refractivity contribution >= 4 is 0 Å². The molecule has 1 heteroatoms. The van der Waals surface area contributed by atoms with Gasteiger partial charge in [0.05, 0.1) is 0 Å². The lowest BCUT2D eigenvalue weighted by Crippen LogP contribution is -2.40. The number of rotatable bonds is 4. The summed E-state index contributed by atoms with van der Waals surface area (Å²) in [7, 11) is 4.21. The standard InChI is InChI=1S/C9H19N/c1-6-9(7-2,8-3)10(4)5/h6H,1,7-8H2,2-5H3. The molecular formula is C9H19N. The molecule has 0 aromatic heterocycles. The molecule has 0 N–H and O–H groups in total. The highest BCUT2D eigenvalue weighted by Crippen LogP contribution is 2.21. The molecule has 0 fully saturated rings. The lowest BCUT2D eigenvalue weighted by atomic mass is 9.92. The molecule has 0 bridgehead atoms. The van der Waals surface area contributed by atoms with Crippen LogP contribution in [0.2, 0.25) is 0 Å². The third-order valence-electron chi connectivity index (χ3n) is 2.50. The zero-order valence-electron chi connectivity index (χ0n) is 7.65. The Hall–Kier alpha value is -0.300. The molecule has 0 aliphatic carbocycles. The van der Waals surface area contributed by atoms with Gasteiger partial charge in [-0.05, 0) is 26.9 Å². The highest BCUT2D eigenvalue weighted by atomic mass is 15.1. The molecule has 0 saturated heterocycles. The van der Waals surface area contributed by atoms with E-state index in [1.54, 1.807) is 0 Å². The average molecular weight is 141 g/mol. The van der Waals surface area contributed by atoms with Gasteiger partial charge in [-0.3, -0.25) is 0 Å². The second-order valence-corrected chi connectivity index (χ2v) is 2.91. The summed E-state index contributed by atoms with van der Waals surface area (Å²) in [5.41, 5.74) is 0.222. The zero-order chi connectivity index (χ0) is 8.20. The van der Waals surface area contributed by atoms with E-state index in [2.05, 4.69) is 39.4 Å². The first kappa shape index (κ1) is 9.70. The maximum absolute atomic E-state index is 3.85. The molecule has 0 heterocycles. The molecule has 0 atom stereocenters. The first-order chi connectivity index (χ1) is 4.63. The quantitative estimate of drug-likeness (QED) is 0.543. The molecule has 0 aromatic carbocycles. The van der Waals surface area contributed by atoms with Crippen LogP contribution in [0.1, 0.15) is 26.7 Å². The minimum absolute atomic E-state index is 0.222. The third kappa shape index (κ3) is 1.60. The van der Waals surface area contributed by atoms with Crippen LogP contribution in [0.25, 0.3) is 0 Å². The van der Waals surface area contributed by atoms with Crippen molar-refractivity contribution in [3.63, 3.8) is 0 Å². The molecule has 0 amide bonds. The molecule has 0 aliphatic rings. The minimum Gasteiger partial charge on any atom is -0.300 e. The Morgan fingerprint density at radius 1 is 1.30 bits per heavy atom. The fraction of sp³-hybridized carbons (Fsp3) is 0.778. The van der Waals surface area contributed by atoms with Crippen molar-refractivity contribution in [1.29, 1.82) is 0 Å². The van der Waals surface area contributed by atoms with Gasteiger partial charge in [-0.15, -0.1) is 6.58 Å². The van der Waals surface area contributed by atoms with E-state index in [0.29, 0.717) is 0 Å². The van der Waals surface area contributed by atoms with Gasteiger partial charge in [0.15, 0.2) is 0 Å². The third-order valence-corrected chi connectivity index (χ3v) is 2.50. The second kappa shape index (κ2) is 3.77. The lowest BCUT2D eigenvalue weighted by molar-refractivity contribution is 0.194. The molecule has 1 nitrogen and oxygen atoms in total. The average Bonchev–Trinajstić information content (AvgIpc) is 1.92. The van der Waals surface area contributed by atoms with Gasteiger partial charge < -0.3 is 4.90 Å². The largest absolute Gasteiger partial charge is 0.300 e. The van der Waals surface area contributed by atoms with Crippen molar-refractivity contribution in [2.45, 2.75) is 32.2 Å². The van der Waals surface area contributed by atoms with E-state index in [9.17, 15) is 0 Å². The summed E-state index contributed by atoms with van der Waals surface area (Å²) < 4.78 is 0. The maximum Gasteiger partial charge on any atom is 0.0377 e. The molecule has 0 rings (SSSR count). The Kier molecular flexibility index (Phi) is 3.66. The second-order valence-electron chi connectivity index (χ2n) is 2.91. The summed E-state index contributed by atoms with van der Waals surface area (Å²) >= 11 is 0. The van der Waals surface area contributed by atoms with Crippen LogP contribution < -0.4 is 0 Å². The molecular weight excluding hydrogens is 122 g/mol. The molecule has 10 heavy (non-hydrogen) atoms. The Morgan fingerprint density at radius 2 is 1.70 bits per heavy atom. The van der Waals surface area contributed by atoms with Crippen molar-refractivity contribution in [3.8, 4) is 0 Å². The predicted molar refractivity (Wildman–Crippen MR) is 47.2 cm³/mol.